The van der Waals surface area contributed by atoms with Gasteiger partial charge in [-0.2, -0.15) is 0 Å². The second-order valence-electron chi connectivity index (χ2n) is 13.1. The molecule has 0 aliphatic carbocycles. The van der Waals surface area contributed by atoms with Crippen molar-refractivity contribution in [2.45, 2.75) is 23.7 Å². The molecular weight excluding hydrogens is 680 g/mol. The van der Waals surface area contributed by atoms with E-state index in [2.05, 4.69) is 0 Å². The third kappa shape index (κ3) is 5.69. The molecule has 11 heteroatoms. The Bertz CT molecular complexity index is 2420. The molecule has 0 fully saturated rings. The van der Waals surface area contributed by atoms with E-state index in [1.807, 2.05) is 0 Å². The van der Waals surface area contributed by atoms with Crippen LogP contribution in [-0.2, 0) is 5.60 Å². The minimum Gasteiger partial charge on any atom is -0.508 e. The summed E-state index contributed by atoms with van der Waals surface area (Å²) in [7, 11) is 0. The Morgan fingerprint density at radius 2 is 1.13 bits per heavy atom. The molecule has 9 N–H and O–H groups in total. The molecule has 8 rings (SSSR count). The summed E-state index contributed by atoms with van der Waals surface area (Å²) in [6, 6.07) is 26.6. The molecule has 6 aromatic carbocycles. The second-order valence-corrected chi connectivity index (χ2v) is 13.1. The summed E-state index contributed by atoms with van der Waals surface area (Å²) in [5, 5.41) is 95.3. The molecule has 0 aromatic heterocycles. The maximum absolute atomic E-state index is 12.2. The average molecular weight is 713 g/mol. The maximum Gasteiger partial charge on any atom is 0.189 e. The number of ether oxygens (including phenoxy) is 2. The summed E-state index contributed by atoms with van der Waals surface area (Å²) >= 11 is 0. The number of phenolic OH excluding ortho intramolecular Hbond substituents is 8. The predicted octanol–water partition coefficient (Wildman–Crippen LogP) is 7.14. The molecule has 0 amide bonds. The maximum atomic E-state index is 12.2. The van der Waals surface area contributed by atoms with Crippen LogP contribution in [0, 0.1) is 0 Å². The van der Waals surface area contributed by atoms with Crippen molar-refractivity contribution in [2.75, 3.05) is 0 Å². The van der Waals surface area contributed by atoms with Gasteiger partial charge in [-0.15, -0.1) is 0 Å². The van der Waals surface area contributed by atoms with Gasteiger partial charge in [0.15, 0.2) is 5.60 Å². The Morgan fingerprint density at radius 3 is 1.81 bits per heavy atom. The van der Waals surface area contributed by atoms with Crippen molar-refractivity contribution in [3.63, 3.8) is 0 Å². The van der Waals surface area contributed by atoms with Gasteiger partial charge in [0.25, 0.3) is 0 Å². The normalized spacial score (nSPS) is 20.1. The number of hydrogen-bond acceptors (Lipinski definition) is 11. The first kappa shape index (κ1) is 33.2. The zero-order chi connectivity index (χ0) is 37.2. The van der Waals surface area contributed by atoms with Crippen molar-refractivity contribution >= 4 is 12.2 Å². The van der Waals surface area contributed by atoms with Crippen LogP contribution in [0.3, 0.4) is 0 Å². The van der Waals surface area contributed by atoms with Crippen molar-refractivity contribution in [1.82, 2.24) is 0 Å². The molecular formula is C42H32O11. The molecule has 0 spiro atoms. The molecule has 266 valence electrons. The van der Waals surface area contributed by atoms with Gasteiger partial charge < -0.3 is 55.4 Å². The highest BCUT2D eigenvalue weighted by Crippen LogP contribution is 2.57. The van der Waals surface area contributed by atoms with Crippen LogP contribution < -0.4 is 9.47 Å². The Labute approximate surface area is 302 Å². The quantitative estimate of drug-likeness (QED) is 0.0795. The first-order valence-corrected chi connectivity index (χ1v) is 16.5. The summed E-state index contributed by atoms with van der Waals surface area (Å²) in [5.41, 5.74) is 1.71. The van der Waals surface area contributed by atoms with Gasteiger partial charge in [0.1, 0.15) is 69.7 Å². The molecule has 0 bridgehead atoms. The molecule has 2 aliphatic rings. The molecule has 1 unspecified atom stereocenters. The predicted molar refractivity (Wildman–Crippen MR) is 192 cm³/mol. The topological polar surface area (TPSA) is 201 Å². The van der Waals surface area contributed by atoms with Crippen LogP contribution in [-0.4, -0.2) is 46.0 Å². The minimum atomic E-state index is -1.74. The van der Waals surface area contributed by atoms with E-state index in [1.165, 1.54) is 60.7 Å². The van der Waals surface area contributed by atoms with Crippen molar-refractivity contribution in [2.24, 2.45) is 0 Å². The number of rotatable bonds is 6. The van der Waals surface area contributed by atoms with Crippen molar-refractivity contribution in [1.29, 1.82) is 0 Å². The van der Waals surface area contributed by atoms with Crippen molar-refractivity contribution in [3.8, 4) is 57.5 Å². The fraction of sp³-hybridized carbons (Fsp3) is 0.0952. The van der Waals surface area contributed by atoms with E-state index in [0.29, 0.717) is 50.4 Å². The number of aliphatic hydroxyl groups excluding tert-OH is 1. The van der Waals surface area contributed by atoms with Gasteiger partial charge in [0, 0.05) is 57.6 Å². The largest absolute Gasteiger partial charge is 0.508 e. The van der Waals surface area contributed by atoms with Crippen molar-refractivity contribution < 1.29 is 55.4 Å². The molecule has 0 radical (unpaired) electrons. The van der Waals surface area contributed by atoms with E-state index in [0.717, 1.165) is 6.07 Å². The fourth-order valence-corrected chi connectivity index (χ4v) is 7.35. The van der Waals surface area contributed by atoms with Crippen LogP contribution in [0.4, 0.5) is 0 Å². The summed E-state index contributed by atoms with van der Waals surface area (Å²) in [4.78, 5) is 0. The second kappa shape index (κ2) is 12.4. The van der Waals surface area contributed by atoms with Gasteiger partial charge >= 0.3 is 0 Å². The molecule has 0 saturated carbocycles. The monoisotopic (exact) mass is 712 g/mol. The Hall–Kier alpha value is -6.98. The number of aliphatic hydroxyl groups is 1. The third-order valence-corrected chi connectivity index (χ3v) is 9.72. The van der Waals surface area contributed by atoms with Crippen LogP contribution in [0.15, 0.2) is 109 Å². The lowest BCUT2D eigenvalue weighted by Gasteiger charge is -2.34. The van der Waals surface area contributed by atoms with Gasteiger partial charge in [-0.3, -0.25) is 0 Å². The van der Waals surface area contributed by atoms with Gasteiger partial charge in [-0.05, 0) is 77.9 Å². The summed E-state index contributed by atoms with van der Waals surface area (Å²) in [5.74, 6) is -1.60. The van der Waals surface area contributed by atoms with Gasteiger partial charge in [0.05, 0.1) is 5.92 Å². The SMILES string of the molecule is Oc1cc(O)cc([C@@H]2c3cc([C@@]4(c5cc(O)cc(O)c5)Oc5cc(/C=C/c6ccc(O)cc6O)ccc5C4O)ccc3O[C@H]2c2ccc(O)cc2O)c1. The van der Waals surface area contributed by atoms with Gasteiger partial charge in [0.2, 0.25) is 0 Å². The molecule has 2 heterocycles. The minimum absolute atomic E-state index is 0.0765. The summed E-state index contributed by atoms with van der Waals surface area (Å²) < 4.78 is 13.1. The highest BCUT2D eigenvalue weighted by atomic mass is 16.5. The van der Waals surface area contributed by atoms with Crippen LogP contribution in [0.5, 0.6) is 57.5 Å². The summed E-state index contributed by atoms with van der Waals surface area (Å²) in [6.07, 6.45) is 1.11. The zero-order valence-corrected chi connectivity index (χ0v) is 27.6. The molecule has 2 aliphatic heterocycles. The standard InChI is InChI=1S/C42H32O11/c43-26-6-4-22(35(49)19-26)3-1-21-2-8-33-38(11-21)53-42(41(33)51,25-14-30(47)18-31(48)15-25)24-5-10-37-34(16-24)39(23-12-28(45)17-29(46)13-23)40(52-37)32-9-7-27(44)20-36(32)50/h1-20,39-41,43-51H/b3-1+/t39-,40+,41?,42+/m1/s1. The molecule has 6 aromatic rings. The highest BCUT2D eigenvalue weighted by molar-refractivity contribution is 5.74. The van der Waals surface area contributed by atoms with Gasteiger partial charge in [-0.25, -0.2) is 0 Å². The smallest absolute Gasteiger partial charge is 0.189 e. The molecule has 0 saturated heterocycles. The first-order valence-electron chi connectivity index (χ1n) is 16.5. The first-order chi connectivity index (χ1) is 25.4. The molecule has 4 atom stereocenters. The highest BCUT2D eigenvalue weighted by Gasteiger charge is 2.52. The van der Waals surface area contributed by atoms with E-state index in [1.54, 1.807) is 54.6 Å². The lowest BCUT2D eigenvalue weighted by atomic mass is 9.77. The van der Waals surface area contributed by atoms with Crippen molar-refractivity contribution in [3.05, 3.63) is 154 Å². The zero-order valence-electron chi connectivity index (χ0n) is 27.6. The van der Waals surface area contributed by atoms with E-state index >= 15 is 0 Å². The van der Waals surface area contributed by atoms with E-state index in [-0.39, 0.29) is 51.6 Å². The van der Waals surface area contributed by atoms with E-state index in [9.17, 15) is 46.0 Å². The van der Waals surface area contributed by atoms with Crippen LogP contribution in [0.2, 0.25) is 0 Å². The number of hydrogen-bond donors (Lipinski definition) is 9. The number of phenols is 8. The van der Waals surface area contributed by atoms with Crippen LogP contribution in [0.25, 0.3) is 12.2 Å². The number of fused-ring (bicyclic) bond motifs is 2. The number of aromatic hydroxyl groups is 8. The van der Waals surface area contributed by atoms with E-state index < -0.39 is 23.7 Å². The van der Waals surface area contributed by atoms with Gasteiger partial charge in [-0.1, -0.05) is 30.4 Å². The lowest BCUT2D eigenvalue weighted by Crippen LogP contribution is -2.36. The Kier molecular flexibility index (Phi) is 7.74. The Balaban J connectivity index is 1.27. The molecule has 11 nitrogen and oxygen atoms in total. The molecule has 53 heavy (non-hydrogen) atoms. The summed E-state index contributed by atoms with van der Waals surface area (Å²) in [6.45, 7) is 0. The average Bonchev–Trinajstić information content (AvgIpc) is 3.62. The van der Waals surface area contributed by atoms with Crippen LogP contribution in [0.1, 0.15) is 62.6 Å². The number of benzene rings is 6. The fourth-order valence-electron chi connectivity index (χ4n) is 7.35. The third-order valence-electron chi connectivity index (χ3n) is 9.72. The lowest BCUT2D eigenvalue weighted by molar-refractivity contribution is -0.000846. The van der Waals surface area contributed by atoms with E-state index in [4.69, 9.17) is 9.47 Å². The Morgan fingerprint density at radius 1 is 0.491 bits per heavy atom. The van der Waals surface area contributed by atoms with Crippen LogP contribution >= 0.6 is 0 Å².